The first kappa shape index (κ1) is 26.3. The van der Waals surface area contributed by atoms with E-state index in [0.29, 0.717) is 17.0 Å². The maximum absolute atomic E-state index is 13.4. The molecule has 186 valence electrons. The number of hydrogen-bond donors (Lipinski definition) is 2. The van der Waals surface area contributed by atoms with Gasteiger partial charge in [0.25, 0.3) is 0 Å². The van der Waals surface area contributed by atoms with Gasteiger partial charge in [0.1, 0.15) is 0 Å². The number of hydrogen-bond acceptors (Lipinski definition) is 6. The van der Waals surface area contributed by atoms with Crippen LogP contribution in [0.3, 0.4) is 0 Å². The average molecular weight is 496 g/mol. The monoisotopic (exact) mass is 495 g/mol. The quantitative estimate of drug-likeness (QED) is 0.260. The fourth-order valence-electron chi connectivity index (χ4n) is 4.17. The standard InChI is InChI=1S/C24H32F3N5OS/c1-16-20(33-15-30-16)21(28)32(4)22(29)34-13-7-11-31(3)12-10-23(2)14-19(23)17-8-5-6-9-18(17)24(25,26)27/h5-6,8-9,15,19,28-29H,7,10-14H2,1-4H3/t19-,23-/m1/s1. The van der Waals surface area contributed by atoms with Crippen LogP contribution < -0.4 is 0 Å². The zero-order valence-corrected chi connectivity index (χ0v) is 20.8. The lowest BCUT2D eigenvalue weighted by molar-refractivity contribution is -0.138. The molecule has 6 nitrogen and oxygen atoms in total. The molecule has 1 aromatic heterocycles. The van der Waals surface area contributed by atoms with Gasteiger partial charge in [-0.05, 0) is 69.3 Å². The summed E-state index contributed by atoms with van der Waals surface area (Å²) >= 11 is 1.37. The van der Waals surface area contributed by atoms with Crippen molar-refractivity contribution in [1.82, 2.24) is 14.8 Å². The second-order valence-electron chi connectivity index (χ2n) is 9.23. The third kappa shape index (κ3) is 6.21. The molecule has 0 radical (unpaired) electrons. The summed E-state index contributed by atoms with van der Waals surface area (Å²) in [6.45, 7) is 5.49. The summed E-state index contributed by atoms with van der Waals surface area (Å²) in [6.07, 6.45) is -0.533. The summed E-state index contributed by atoms with van der Waals surface area (Å²) in [6, 6.07) is 5.94. The van der Waals surface area contributed by atoms with Crippen molar-refractivity contribution in [3.8, 4) is 0 Å². The van der Waals surface area contributed by atoms with Crippen molar-refractivity contribution in [1.29, 1.82) is 10.8 Å². The number of benzene rings is 1. The van der Waals surface area contributed by atoms with Gasteiger partial charge in [-0.1, -0.05) is 36.9 Å². The number of nitrogens with one attached hydrogen (secondary N) is 2. The molecule has 10 heteroatoms. The molecule has 1 aromatic carbocycles. The Balaban J connectivity index is 1.39. The van der Waals surface area contributed by atoms with Gasteiger partial charge >= 0.3 is 6.18 Å². The van der Waals surface area contributed by atoms with Crippen LogP contribution in [-0.4, -0.2) is 58.7 Å². The van der Waals surface area contributed by atoms with Crippen LogP contribution >= 0.6 is 11.8 Å². The van der Waals surface area contributed by atoms with Crippen LogP contribution in [0.25, 0.3) is 0 Å². The highest BCUT2D eigenvalue weighted by Gasteiger charge is 2.52. The summed E-state index contributed by atoms with van der Waals surface area (Å²) in [5, 5.41) is 16.7. The molecular weight excluding hydrogens is 463 g/mol. The molecule has 0 bridgehead atoms. The predicted molar refractivity (Wildman–Crippen MR) is 130 cm³/mol. The molecule has 1 saturated carbocycles. The number of nitrogens with zero attached hydrogens (tertiary/aromatic N) is 3. The van der Waals surface area contributed by atoms with Gasteiger partial charge in [-0.25, -0.2) is 4.98 Å². The number of amidine groups is 2. The number of alkyl halides is 3. The van der Waals surface area contributed by atoms with Gasteiger partial charge in [0.05, 0.1) is 11.3 Å². The number of oxazole rings is 1. The highest BCUT2D eigenvalue weighted by Crippen LogP contribution is 2.62. The lowest BCUT2D eigenvalue weighted by atomic mass is 9.94. The van der Waals surface area contributed by atoms with Gasteiger partial charge in [0.2, 0.25) is 0 Å². The van der Waals surface area contributed by atoms with Crippen LogP contribution in [-0.2, 0) is 6.18 Å². The largest absolute Gasteiger partial charge is 0.440 e. The van der Waals surface area contributed by atoms with Crippen molar-refractivity contribution < 1.29 is 17.6 Å². The summed E-state index contributed by atoms with van der Waals surface area (Å²) in [5.74, 6) is 1.14. The Hall–Kier alpha value is -2.33. The van der Waals surface area contributed by atoms with Gasteiger partial charge in [-0.15, -0.1) is 0 Å². The Morgan fingerprint density at radius 1 is 1.24 bits per heavy atom. The topological polar surface area (TPSA) is 80.2 Å². The third-order valence-corrected chi connectivity index (χ3v) is 7.62. The number of thioether (sulfide) groups is 1. The molecule has 0 aliphatic heterocycles. The van der Waals surface area contributed by atoms with Gasteiger partial charge in [-0.3, -0.25) is 10.8 Å². The van der Waals surface area contributed by atoms with E-state index in [-0.39, 0.29) is 22.3 Å². The first-order chi connectivity index (χ1) is 15.9. The second-order valence-corrected chi connectivity index (χ2v) is 10.3. The molecule has 1 aliphatic rings. The lowest BCUT2D eigenvalue weighted by Crippen LogP contribution is -2.31. The molecule has 2 aromatic rings. The first-order valence-electron chi connectivity index (χ1n) is 11.2. The first-order valence-corrected chi connectivity index (χ1v) is 12.2. The van der Waals surface area contributed by atoms with E-state index in [2.05, 4.69) is 16.8 Å². The van der Waals surface area contributed by atoms with Crippen molar-refractivity contribution in [2.24, 2.45) is 5.41 Å². The Kier molecular flexibility index (Phi) is 8.13. The van der Waals surface area contributed by atoms with Crippen molar-refractivity contribution in [2.75, 3.05) is 32.9 Å². The molecule has 1 aliphatic carbocycles. The van der Waals surface area contributed by atoms with Crippen LogP contribution in [0.1, 0.15) is 54.7 Å². The second kappa shape index (κ2) is 10.5. The maximum atomic E-state index is 13.4. The summed E-state index contributed by atoms with van der Waals surface area (Å²) in [4.78, 5) is 7.65. The predicted octanol–water partition coefficient (Wildman–Crippen LogP) is 5.83. The molecule has 0 unspecified atom stereocenters. The van der Waals surface area contributed by atoms with Crippen molar-refractivity contribution in [3.05, 3.63) is 53.2 Å². The number of aryl methyl sites for hydroxylation is 1. The number of rotatable bonds is 9. The maximum Gasteiger partial charge on any atom is 0.416 e. The highest BCUT2D eigenvalue weighted by atomic mass is 32.2. The van der Waals surface area contributed by atoms with E-state index in [1.165, 1.54) is 35.2 Å². The van der Waals surface area contributed by atoms with E-state index in [0.717, 1.165) is 38.1 Å². The van der Waals surface area contributed by atoms with E-state index < -0.39 is 11.7 Å². The van der Waals surface area contributed by atoms with Crippen LogP contribution in [0, 0.1) is 23.2 Å². The molecule has 0 amide bonds. The summed E-state index contributed by atoms with van der Waals surface area (Å²) in [5.41, 5.74) is 0.428. The molecule has 2 atom stereocenters. The van der Waals surface area contributed by atoms with Crippen molar-refractivity contribution in [3.63, 3.8) is 0 Å². The Labute approximate surface area is 202 Å². The summed E-state index contributed by atoms with van der Waals surface area (Å²) in [7, 11) is 3.68. The van der Waals surface area contributed by atoms with Crippen LogP contribution in [0.2, 0.25) is 0 Å². The molecule has 2 N–H and O–H groups in total. The SMILES string of the molecule is Cc1ncoc1C(=N)N(C)C(=N)SCCCN(C)CC[C@]1(C)C[C@@H]1c1ccccc1C(F)(F)F. The average Bonchev–Trinajstić information content (AvgIpc) is 3.28. The van der Waals surface area contributed by atoms with Crippen LogP contribution in [0.5, 0.6) is 0 Å². The van der Waals surface area contributed by atoms with E-state index in [1.807, 2.05) is 7.05 Å². The van der Waals surface area contributed by atoms with Gasteiger partial charge in [0.15, 0.2) is 23.2 Å². The Morgan fingerprint density at radius 3 is 2.59 bits per heavy atom. The summed E-state index contributed by atoms with van der Waals surface area (Å²) < 4.78 is 45.3. The lowest BCUT2D eigenvalue weighted by Gasteiger charge is -2.21. The molecule has 3 rings (SSSR count). The highest BCUT2D eigenvalue weighted by molar-refractivity contribution is 8.13. The zero-order valence-electron chi connectivity index (χ0n) is 20.0. The molecule has 1 fully saturated rings. The zero-order chi connectivity index (χ0) is 25.1. The Morgan fingerprint density at radius 2 is 1.94 bits per heavy atom. The van der Waals surface area contributed by atoms with Crippen molar-refractivity contribution >= 4 is 22.8 Å². The van der Waals surface area contributed by atoms with E-state index in [9.17, 15) is 13.2 Å². The van der Waals surface area contributed by atoms with Gasteiger partial charge < -0.3 is 14.2 Å². The van der Waals surface area contributed by atoms with Crippen LogP contribution in [0.4, 0.5) is 13.2 Å². The smallest absolute Gasteiger partial charge is 0.416 e. The fraction of sp³-hybridized carbons (Fsp3) is 0.542. The molecule has 1 heterocycles. The number of aromatic nitrogens is 1. The minimum absolute atomic E-state index is 0.0476. The minimum Gasteiger partial charge on any atom is -0.440 e. The van der Waals surface area contributed by atoms with E-state index in [1.54, 1.807) is 26.1 Å². The molecule has 0 spiro atoms. The van der Waals surface area contributed by atoms with Crippen LogP contribution in [0.15, 0.2) is 35.1 Å². The van der Waals surface area contributed by atoms with E-state index in [4.69, 9.17) is 15.2 Å². The van der Waals surface area contributed by atoms with Gasteiger partial charge in [0, 0.05) is 12.8 Å². The fourth-order valence-corrected chi connectivity index (χ4v) is 4.92. The minimum atomic E-state index is -4.32. The normalized spacial score (nSPS) is 19.9. The van der Waals surface area contributed by atoms with Crippen molar-refractivity contribution in [2.45, 2.75) is 45.2 Å². The van der Waals surface area contributed by atoms with Gasteiger partial charge in [-0.2, -0.15) is 13.2 Å². The molecular formula is C24H32F3N5OS. The molecule has 34 heavy (non-hydrogen) atoms. The van der Waals surface area contributed by atoms with E-state index >= 15 is 0 Å². The third-order valence-electron chi connectivity index (χ3n) is 6.58. The molecule has 0 saturated heterocycles. The Bertz CT molecular complexity index is 1020. The number of halogens is 3.